The van der Waals surface area contributed by atoms with Crippen molar-refractivity contribution in [2.75, 3.05) is 13.2 Å². The highest BCUT2D eigenvalue weighted by Crippen LogP contribution is 2.35. The van der Waals surface area contributed by atoms with Crippen LogP contribution in [-0.4, -0.2) is 36.9 Å². The van der Waals surface area contributed by atoms with Gasteiger partial charge in [0.2, 0.25) is 0 Å². The number of nitrogens with one attached hydrogen (secondary N) is 1. The average molecular weight is 297 g/mol. The van der Waals surface area contributed by atoms with Crippen LogP contribution in [0, 0.1) is 5.92 Å². The van der Waals surface area contributed by atoms with Crippen LogP contribution < -0.4 is 5.32 Å². The molecule has 0 heterocycles. The van der Waals surface area contributed by atoms with Crippen LogP contribution in [0.1, 0.15) is 65.7 Å². The van der Waals surface area contributed by atoms with Crippen molar-refractivity contribution in [1.82, 2.24) is 5.32 Å². The molecule has 4 nitrogen and oxygen atoms in total. The third-order valence-corrected chi connectivity index (χ3v) is 4.74. The molecule has 2 aliphatic rings. The molecular formula is C17H31NO3. The maximum atomic E-state index is 12.4. The second kappa shape index (κ2) is 7.59. The number of hydrogen-bond acceptors (Lipinski definition) is 4. The van der Waals surface area contributed by atoms with Crippen LogP contribution >= 0.6 is 0 Å². The summed E-state index contributed by atoms with van der Waals surface area (Å²) in [6.45, 7) is 7.32. The van der Waals surface area contributed by atoms with E-state index in [4.69, 9.17) is 9.47 Å². The summed E-state index contributed by atoms with van der Waals surface area (Å²) in [5.41, 5.74) is -0.537. The Morgan fingerprint density at radius 1 is 1.29 bits per heavy atom. The lowest BCUT2D eigenvalue weighted by atomic mass is 9.96. The number of carbonyl (C=O) groups is 1. The minimum atomic E-state index is -0.537. The molecule has 2 unspecified atom stereocenters. The van der Waals surface area contributed by atoms with Gasteiger partial charge in [0.1, 0.15) is 5.54 Å². The quantitative estimate of drug-likeness (QED) is 0.734. The van der Waals surface area contributed by atoms with Gasteiger partial charge >= 0.3 is 5.97 Å². The Bertz CT molecular complexity index is 339. The van der Waals surface area contributed by atoms with Crippen LogP contribution in [0.3, 0.4) is 0 Å². The maximum absolute atomic E-state index is 12.4. The molecule has 0 aromatic heterocycles. The first-order chi connectivity index (χ1) is 10.1. The van der Waals surface area contributed by atoms with Crippen molar-refractivity contribution in [1.29, 1.82) is 0 Å². The molecule has 2 rings (SSSR count). The fraction of sp³-hybridized carbons (Fsp3) is 0.941. The molecule has 0 aromatic carbocycles. The molecule has 4 heteroatoms. The van der Waals surface area contributed by atoms with Gasteiger partial charge in [-0.1, -0.05) is 12.8 Å². The summed E-state index contributed by atoms with van der Waals surface area (Å²) >= 11 is 0. The smallest absolute Gasteiger partial charge is 0.326 e. The lowest BCUT2D eigenvalue weighted by Gasteiger charge is -2.30. The second-order valence-electron chi connectivity index (χ2n) is 6.95. The van der Waals surface area contributed by atoms with Crippen molar-refractivity contribution < 1.29 is 14.3 Å². The van der Waals surface area contributed by atoms with E-state index in [-0.39, 0.29) is 18.1 Å². The predicted octanol–water partition coefficient (Wildman–Crippen LogP) is 3.05. The normalized spacial score (nSPS) is 30.2. The summed E-state index contributed by atoms with van der Waals surface area (Å²) < 4.78 is 11.4. The number of esters is 1. The van der Waals surface area contributed by atoms with E-state index in [1.54, 1.807) is 0 Å². The topological polar surface area (TPSA) is 47.6 Å². The van der Waals surface area contributed by atoms with Crippen LogP contribution in [0.4, 0.5) is 0 Å². The Morgan fingerprint density at radius 3 is 2.62 bits per heavy atom. The maximum Gasteiger partial charge on any atom is 0.326 e. The molecule has 2 aliphatic carbocycles. The van der Waals surface area contributed by atoms with Crippen LogP contribution in [0.2, 0.25) is 0 Å². The molecule has 0 aliphatic heterocycles. The molecular weight excluding hydrogens is 266 g/mol. The summed E-state index contributed by atoms with van der Waals surface area (Å²) in [7, 11) is 0. The highest BCUT2D eigenvalue weighted by atomic mass is 16.5. The minimum Gasteiger partial charge on any atom is -0.465 e. The third kappa shape index (κ3) is 4.43. The summed E-state index contributed by atoms with van der Waals surface area (Å²) in [6, 6.07) is 0.267. The van der Waals surface area contributed by atoms with Gasteiger partial charge in [-0.15, -0.1) is 0 Å². The van der Waals surface area contributed by atoms with Crippen LogP contribution in [0.5, 0.6) is 0 Å². The molecule has 2 saturated carbocycles. The van der Waals surface area contributed by atoms with Crippen molar-refractivity contribution >= 4 is 5.97 Å². The van der Waals surface area contributed by atoms with Gasteiger partial charge in [-0.05, 0) is 52.4 Å². The molecule has 0 aromatic rings. The van der Waals surface area contributed by atoms with Gasteiger partial charge in [-0.2, -0.15) is 0 Å². The SMILES string of the molecule is CCOC(=O)C1(NC(C)C)CCC(OCC2CCCC2)C1. The Morgan fingerprint density at radius 2 is 2.00 bits per heavy atom. The standard InChI is InChI=1S/C17H31NO3/c1-4-20-16(19)17(18-13(2)3)10-9-15(11-17)21-12-14-7-5-6-8-14/h13-15,18H,4-12H2,1-3H3. The van der Waals surface area contributed by atoms with Crippen LogP contribution in [0.25, 0.3) is 0 Å². The molecule has 2 atom stereocenters. The Labute approximate surface area is 129 Å². The Kier molecular flexibility index (Phi) is 6.06. The predicted molar refractivity (Wildman–Crippen MR) is 83.2 cm³/mol. The summed E-state index contributed by atoms with van der Waals surface area (Å²) in [6.07, 6.45) is 8.02. The first-order valence-corrected chi connectivity index (χ1v) is 8.62. The van der Waals surface area contributed by atoms with Gasteiger partial charge in [-0.25, -0.2) is 0 Å². The van der Waals surface area contributed by atoms with E-state index in [1.165, 1.54) is 25.7 Å². The van der Waals surface area contributed by atoms with E-state index in [1.807, 2.05) is 6.92 Å². The molecule has 122 valence electrons. The average Bonchev–Trinajstić information content (AvgIpc) is 3.06. The largest absolute Gasteiger partial charge is 0.465 e. The van der Waals surface area contributed by atoms with E-state index in [2.05, 4.69) is 19.2 Å². The van der Waals surface area contributed by atoms with Gasteiger partial charge in [0.25, 0.3) is 0 Å². The Balaban J connectivity index is 1.88. The monoisotopic (exact) mass is 297 g/mol. The van der Waals surface area contributed by atoms with Gasteiger partial charge in [0, 0.05) is 19.1 Å². The van der Waals surface area contributed by atoms with E-state index < -0.39 is 5.54 Å². The lowest BCUT2D eigenvalue weighted by molar-refractivity contribution is -0.151. The molecule has 1 N–H and O–H groups in total. The Hall–Kier alpha value is -0.610. The lowest BCUT2D eigenvalue weighted by Crippen LogP contribution is -2.54. The van der Waals surface area contributed by atoms with E-state index in [0.717, 1.165) is 31.8 Å². The van der Waals surface area contributed by atoms with Crippen molar-refractivity contribution in [3.05, 3.63) is 0 Å². The fourth-order valence-electron chi connectivity index (χ4n) is 3.79. The molecule has 0 radical (unpaired) electrons. The van der Waals surface area contributed by atoms with E-state index >= 15 is 0 Å². The molecule has 0 spiro atoms. The summed E-state index contributed by atoms with van der Waals surface area (Å²) in [4.78, 5) is 12.4. The molecule has 21 heavy (non-hydrogen) atoms. The zero-order chi connectivity index (χ0) is 15.3. The summed E-state index contributed by atoms with van der Waals surface area (Å²) in [5.74, 6) is 0.631. The molecule has 2 fully saturated rings. The van der Waals surface area contributed by atoms with Crippen molar-refractivity contribution in [3.63, 3.8) is 0 Å². The molecule has 0 bridgehead atoms. The van der Waals surface area contributed by atoms with Gasteiger partial charge in [0.15, 0.2) is 0 Å². The first kappa shape index (κ1) is 16.8. The fourth-order valence-corrected chi connectivity index (χ4v) is 3.79. The van der Waals surface area contributed by atoms with Crippen molar-refractivity contribution in [2.24, 2.45) is 5.92 Å². The number of rotatable bonds is 7. The van der Waals surface area contributed by atoms with Crippen LogP contribution in [0.15, 0.2) is 0 Å². The zero-order valence-electron chi connectivity index (χ0n) is 13.8. The molecule has 0 saturated heterocycles. The number of hydrogen-bond donors (Lipinski definition) is 1. The second-order valence-corrected chi connectivity index (χ2v) is 6.95. The summed E-state index contributed by atoms with van der Waals surface area (Å²) in [5, 5.41) is 3.44. The first-order valence-electron chi connectivity index (χ1n) is 8.62. The zero-order valence-corrected chi connectivity index (χ0v) is 13.8. The van der Waals surface area contributed by atoms with Gasteiger partial charge in [0.05, 0.1) is 12.7 Å². The van der Waals surface area contributed by atoms with Crippen LogP contribution in [-0.2, 0) is 14.3 Å². The highest BCUT2D eigenvalue weighted by Gasteiger charge is 2.47. The van der Waals surface area contributed by atoms with Crippen molar-refractivity contribution in [3.8, 4) is 0 Å². The third-order valence-electron chi connectivity index (χ3n) is 4.74. The number of carbonyl (C=O) groups excluding carboxylic acids is 1. The van der Waals surface area contributed by atoms with Gasteiger partial charge in [-0.3, -0.25) is 10.1 Å². The highest BCUT2D eigenvalue weighted by molar-refractivity contribution is 5.81. The van der Waals surface area contributed by atoms with Gasteiger partial charge < -0.3 is 9.47 Å². The molecule has 0 amide bonds. The van der Waals surface area contributed by atoms with E-state index in [9.17, 15) is 4.79 Å². The van der Waals surface area contributed by atoms with Crippen molar-refractivity contribution in [2.45, 2.75) is 83.4 Å². The minimum absolute atomic E-state index is 0.106. The van der Waals surface area contributed by atoms with E-state index in [0.29, 0.717) is 6.61 Å². The number of ether oxygens (including phenoxy) is 2.